The minimum Gasteiger partial charge on any atom is -0.466 e. The summed E-state index contributed by atoms with van der Waals surface area (Å²) in [5, 5.41) is 0. The molecule has 170 valence electrons. The van der Waals surface area contributed by atoms with Gasteiger partial charge in [-0.3, -0.25) is 4.79 Å². The van der Waals surface area contributed by atoms with E-state index < -0.39 is 10.0 Å². The molecule has 0 saturated carbocycles. The molecule has 5 nitrogen and oxygen atoms in total. The fourth-order valence-corrected chi connectivity index (χ4v) is 6.05. The molecule has 0 spiro atoms. The molecule has 1 unspecified atom stereocenters. The van der Waals surface area contributed by atoms with Gasteiger partial charge in [-0.15, -0.1) is 0 Å². The van der Waals surface area contributed by atoms with Crippen LogP contribution in [-0.2, 0) is 30.4 Å². The Balaban J connectivity index is 2.00. The van der Waals surface area contributed by atoms with Crippen LogP contribution in [0.5, 0.6) is 0 Å². The monoisotopic (exact) mass is 464 g/mol. The Labute approximate surface area is 190 Å². The van der Waals surface area contributed by atoms with Crippen LogP contribution in [0.1, 0.15) is 44.6 Å². The average molecular weight is 465 g/mol. The zero-order valence-corrected chi connectivity index (χ0v) is 20.3. The molecule has 2 atom stereocenters. The summed E-state index contributed by atoms with van der Waals surface area (Å²) in [5.74, 6) is 0.710. The van der Waals surface area contributed by atoms with E-state index in [0.717, 1.165) is 24.2 Å². The lowest BCUT2D eigenvalue weighted by molar-refractivity contribution is -0.143. The molecular weight excluding hydrogens is 430 g/mol. The van der Waals surface area contributed by atoms with E-state index >= 15 is 0 Å². The molecule has 0 aliphatic heterocycles. The van der Waals surface area contributed by atoms with Crippen LogP contribution in [0.2, 0.25) is 0 Å². The second-order valence-electron chi connectivity index (χ2n) is 7.63. The van der Waals surface area contributed by atoms with E-state index in [0.29, 0.717) is 25.9 Å². The van der Waals surface area contributed by atoms with Gasteiger partial charge in [0.2, 0.25) is 10.0 Å². The summed E-state index contributed by atoms with van der Waals surface area (Å²) in [6, 6.07) is 17.0. The van der Waals surface area contributed by atoms with Crippen LogP contribution in [0.3, 0.4) is 0 Å². The highest BCUT2D eigenvalue weighted by Crippen LogP contribution is 2.18. The summed E-state index contributed by atoms with van der Waals surface area (Å²) in [4.78, 5) is 13.1. The smallest absolute Gasteiger partial charge is 0.305 e. The van der Waals surface area contributed by atoms with Crippen molar-refractivity contribution in [3.63, 3.8) is 0 Å². The van der Waals surface area contributed by atoms with Gasteiger partial charge in [-0.25, -0.2) is 13.1 Å². The van der Waals surface area contributed by atoms with Crippen molar-refractivity contribution in [3.05, 3.63) is 60.2 Å². The Morgan fingerprint density at radius 2 is 1.71 bits per heavy atom. The molecule has 1 N–H and O–H groups in total. The predicted molar refractivity (Wildman–Crippen MR) is 128 cm³/mol. The highest BCUT2D eigenvalue weighted by molar-refractivity contribution is 7.96. The number of hydrogen-bond donors (Lipinski definition) is 1. The van der Waals surface area contributed by atoms with Crippen molar-refractivity contribution in [1.29, 1.82) is 0 Å². The molecule has 0 aliphatic carbocycles. The number of carbonyl (C=O) groups excluding carboxylic acids is 1. The highest BCUT2D eigenvalue weighted by Gasteiger charge is 2.23. The second kappa shape index (κ2) is 12.9. The van der Waals surface area contributed by atoms with Crippen LogP contribution in [0.15, 0.2) is 64.4 Å². The zero-order valence-electron chi connectivity index (χ0n) is 18.7. The number of ether oxygens (including phenoxy) is 1. The lowest BCUT2D eigenvalue weighted by Crippen LogP contribution is -2.36. The Morgan fingerprint density at radius 3 is 2.35 bits per heavy atom. The van der Waals surface area contributed by atoms with E-state index in [-0.39, 0.29) is 27.8 Å². The maximum Gasteiger partial charge on any atom is 0.305 e. The van der Waals surface area contributed by atoms with Crippen LogP contribution in [0.25, 0.3) is 0 Å². The molecule has 0 heterocycles. The molecule has 2 aromatic rings. The molecule has 31 heavy (non-hydrogen) atoms. The van der Waals surface area contributed by atoms with Crippen molar-refractivity contribution < 1.29 is 17.9 Å². The van der Waals surface area contributed by atoms with Gasteiger partial charge in [0.25, 0.3) is 0 Å². The number of hydrogen-bond acceptors (Lipinski definition) is 4. The van der Waals surface area contributed by atoms with E-state index in [9.17, 15) is 13.2 Å². The van der Waals surface area contributed by atoms with Gasteiger partial charge < -0.3 is 4.74 Å². The largest absolute Gasteiger partial charge is 0.466 e. The molecule has 7 heteroatoms. The zero-order chi connectivity index (χ0) is 22.7. The number of benzene rings is 2. The lowest BCUT2D eigenvalue weighted by atomic mass is 10.1. The summed E-state index contributed by atoms with van der Waals surface area (Å²) < 4.78 is 33.7. The van der Waals surface area contributed by atoms with Gasteiger partial charge in [-0.1, -0.05) is 42.3 Å². The van der Waals surface area contributed by atoms with Gasteiger partial charge >= 0.3 is 5.97 Å². The molecule has 0 fully saturated rings. The summed E-state index contributed by atoms with van der Waals surface area (Å²) in [6.45, 7) is 4.11. The quantitative estimate of drug-likeness (QED) is 0.270. The molecule has 0 aromatic heterocycles. The van der Waals surface area contributed by atoms with E-state index in [1.165, 1.54) is 4.90 Å². The minimum atomic E-state index is -3.59. The Morgan fingerprint density at radius 1 is 1.03 bits per heavy atom. The van der Waals surface area contributed by atoms with E-state index in [2.05, 4.69) is 23.1 Å². The van der Waals surface area contributed by atoms with E-state index in [4.69, 9.17) is 4.74 Å². The molecule has 0 radical (unpaired) electrons. The third-order valence-corrected chi connectivity index (χ3v) is 8.52. The van der Waals surface area contributed by atoms with E-state index in [1.807, 2.05) is 37.3 Å². The summed E-state index contributed by atoms with van der Waals surface area (Å²) in [5.41, 5.74) is 1.02. The summed E-state index contributed by atoms with van der Waals surface area (Å²) in [6.07, 6.45) is 5.46. The third kappa shape index (κ3) is 9.05. The van der Waals surface area contributed by atoms with Gasteiger partial charge in [-0.2, -0.15) is 0 Å². The Hall–Kier alpha value is -1.83. The molecule has 2 aromatic carbocycles. The molecule has 0 amide bonds. The van der Waals surface area contributed by atoms with Crippen LogP contribution in [0, 0.1) is 6.92 Å². The number of carbonyl (C=O) groups is 1. The normalized spacial score (nSPS) is 13.5. The number of unbranched alkanes of at least 4 members (excludes halogenated alkanes) is 1. The van der Waals surface area contributed by atoms with Gasteiger partial charge in [0.1, 0.15) is 12.0 Å². The topological polar surface area (TPSA) is 72.5 Å². The first kappa shape index (κ1) is 25.4. The SMILES string of the molecule is CCOC(=O)CCCC[C@H](CC[S+](C)c1ccccc1)NS(=O)(=O)c1ccc(C)cc1. The van der Waals surface area contributed by atoms with Crippen LogP contribution in [0.4, 0.5) is 0 Å². The van der Waals surface area contributed by atoms with Gasteiger partial charge in [0.15, 0.2) is 4.90 Å². The van der Waals surface area contributed by atoms with Crippen LogP contribution in [-0.4, -0.2) is 39.0 Å². The Kier molecular flexibility index (Phi) is 10.6. The molecule has 0 aliphatic rings. The second-order valence-corrected chi connectivity index (χ2v) is 11.5. The fraction of sp³-hybridized carbons (Fsp3) is 0.458. The number of nitrogens with one attached hydrogen (secondary N) is 1. The maximum absolute atomic E-state index is 12.9. The molecule has 2 rings (SSSR count). The van der Waals surface area contributed by atoms with Gasteiger partial charge in [-0.05, 0) is 51.0 Å². The van der Waals surface area contributed by atoms with Crippen molar-refractivity contribution in [3.8, 4) is 0 Å². The van der Waals surface area contributed by atoms with Crippen molar-refractivity contribution in [2.75, 3.05) is 18.6 Å². The molecular formula is C24H34NO4S2+. The van der Waals surface area contributed by atoms with Crippen molar-refractivity contribution in [1.82, 2.24) is 4.72 Å². The Bertz CT molecular complexity index is 899. The fourth-order valence-electron chi connectivity index (χ4n) is 3.25. The maximum atomic E-state index is 12.9. The lowest BCUT2D eigenvalue weighted by Gasteiger charge is -2.18. The van der Waals surface area contributed by atoms with Crippen molar-refractivity contribution in [2.45, 2.75) is 61.8 Å². The van der Waals surface area contributed by atoms with Crippen LogP contribution >= 0.6 is 0 Å². The number of sulfonamides is 1. The van der Waals surface area contributed by atoms with Crippen molar-refractivity contribution in [2.24, 2.45) is 0 Å². The summed E-state index contributed by atoms with van der Waals surface area (Å²) >= 11 is 0. The number of aryl methyl sites for hydroxylation is 1. The first-order chi connectivity index (χ1) is 14.8. The summed E-state index contributed by atoms with van der Waals surface area (Å²) in [7, 11) is -3.55. The minimum absolute atomic E-state index is 0.0438. The standard InChI is InChI=1S/C24H34NO4S2/c1-4-29-24(26)13-9-8-10-21(18-19-30(3)22-11-6-5-7-12-22)25-31(27,28)23-16-14-20(2)15-17-23/h5-7,11-12,14-17,21,25H,4,8-10,13,18-19H2,1-3H3/q+1/t21-,30?/m1/s1. The van der Waals surface area contributed by atoms with E-state index in [1.54, 1.807) is 19.1 Å². The predicted octanol–water partition coefficient (Wildman–Crippen LogP) is 4.46. The average Bonchev–Trinajstić information content (AvgIpc) is 2.75. The third-order valence-electron chi connectivity index (χ3n) is 5.06. The molecule has 0 bridgehead atoms. The highest BCUT2D eigenvalue weighted by atomic mass is 32.2. The number of esters is 1. The van der Waals surface area contributed by atoms with Crippen molar-refractivity contribution >= 4 is 26.9 Å². The first-order valence-electron chi connectivity index (χ1n) is 10.7. The van der Waals surface area contributed by atoms with Crippen LogP contribution < -0.4 is 4.72 Å². The molecule has 0 saturated heterocycles. The number of rotatable bonds is 13. The first-order valence-corrected chi connectivity index (χ1v) is 14.0. The van der Waals surface area contributed by atoms with Gasteiger partial charge in [0, 0.05) is 29.8 Å². The van der Waals surface area contributed by atoms with Gasteiger partial charge in [0.05, 0.1) is 11.5 Å².